The maximum Gasteiger partial charge on any atom is 0.228 e. The van der Waals surface area contributed by atoms with Gasteiger partial charge < -0.3 is 10.6 Å². The Hall–Kier alpha value is -1.79. The average molecular weight is 333 g/mol. The van der Waals surface area contributed by atoms with Gasteiger partial charge in [-0.15, -0.1) is 11.3 Å². The van der Waals surface area contributed by atoms with E-state index in [1.54, 1.807) is 23.5 Å². The lowest BCUT2D eigenvalue weighted by Crippen LogP contribution is -2.31. The number of thiazole rings is 1. The second-order valence-electron chi connectivity index (χ2n) is 5.94. The average Bonchev–Trinajstić information content (AvgIpc) is 3.19. The normalized spacial score (nSPS) is 17.7. The number of hydrogen-bond acceptors (Lipinski definition) is 4. The van der Waals surface area contributed by atoms with Gasteiger partial charge in [-0.3, -0.25) is 4.79 Å². The van der Waals surface area contributed by atoms with Gasteiger partial charge in [-0.25, -0.2) is 9.37 Å². The Bertz CT molecular complexity index is 671. The fourth-order valence-corrected chi connectivity index (χ4v) is 3.63. The Balaban J connectivity index is 1.57. The van der Waals surface area contributed by atoms with Gasteiger partial charge in [0.2, 0.25) is 5.91 Å². The Morgan fingerprint density at radius 2 is 2.17 bits per heavy atom. The molecule has 4 nitrogen and oxygen atoms in total. The molecule has 1 aromatic heterocycles. The molecule has 3 rings (SSSR count). The van der Waals surface area contributed by atoms with Crippen LogP contribution in [0.2, 0.25) is 0 Å². The first-order chi connectivity index (χ1) is 11.1. The smallest absolute Gasteiger partial charge is 0.228 e. The van der Waals surface area contributed by atoms with Gasteiger partial charge in [-0.1, -0.05) is 12.1 Å². The number of hydrogen-bond donors (Lipinski definition) is 1. The largest absolute Gasteiger partial charge is 0.342 e. The van der Waals surface area contributed by atoms with Crippen LogP contribution in [0.3, 0.4) is 0 Å². The predicted molar refractivity (Wildman–Crippen MR) is 88.8 cm³/mol. The number of halogens is 1. The van der Waals surface area contributed by atoms with E-state index in [9.17, 15) is 9.18 Å². The highest BCUT2D eigenvalue weighted by atomic mass is 32.1. The summed E-state index contributed by atoms with van der Waals surface area (Å²) in [7, 11) is 0. The highest BCUT2D eigenvalue weighted by Gasteiger charge is 2.25. The fraction of sp³-hybridized carbons (Fsp3) is 0.412. The van der Waals surface area contributed by atoms with Gasteiger partial charge in [-0.2, -0.15) is 0 Å². The molecular weight excluding hydrogens is 313 g/mol. The van der Waals surface area contributed by atoms with E-state index in [0.29, 0.717) is 25.3 Å². The van der Waals surface area contributed by atoms with Crippen molar-refractivity contribution in [2.45, 2.75) is 19.3 Å². The van der Waals surface area contributed by atoms with Crippen molar-refractivity contribution < 1.29 is 9.18 Å². The summed E-state index contributed by atoms with van der Waals surface area (Å²) in [6.45, 7) is 2.21. The number of carbonyl (C=O) groups excluding carboxylic acids is 1. The van der Waals surface area contributed by atoms with E-state index in [0.717, 1.165) is 35.8 Å². The molecule has 1 fully saturated rings. The number of nitrogens with two attached hydrogens (primary N) is 1. The van der Waals surface area contributed by atoms with Gasteiger partial charge >= 0.3 is 0 Å². The van der Waals surface area contributed by atoms with Crippen LogP contribution in [0.15, 0.2) is 29.6 Å². The molecule has 23 heavy (non-hydrogen) atoms. The molecule has 1 atom stereocenters. The number of nitrogens with zero attached hydrogens (tertiary/aromatic N) is 2. The van der Waals surface area contributed by atoms with Crippen LogP contribution in [-0.2, 0) is 17.6 Å². The van der Waals surface area contributed by atoms with Crippen LogP contribution < -0.4 is 5.73 Å². The monoisotopic (exact) mass is 333 g/mol. The molecule has 1 unspecified atom stereocenters. The maximum atomic E-state index is 12.9. The van der Waals surface area contributed by atoms with E-state index in [4.69, 9.17) is 5.73 Å². The lowest BCUT2D eigenvalue weighted by atomic mass is 10.1. The first-order valence-electron chi connectivity index (χ1n) is 7.79. The standard InChI is InChI=1S/C17H20FN3OS/c18-14-3-1-12(2-4-14)7-16-20-15(11-23-16)8-17(22)21-6-5-13(9-19)10-21/h1-4,11,13H,5-10,19H2. The zero-order valence-corrected chi connectivity index (χ0v) is 13.7. The molecule has 122 valence electrons. The van der Waals surface area contributed by atoms with E-state index in [1.165, 1.54) is 12.1 Å². The van der Waals surface area contributed by atoms with Gasteiger partial charge in [0.15, 0.2) is 0 Å². The number of amides is 1. The minimum atomic E-state index is -0.236. The SMILES string of the molecule is NCC1CCN(C(=O)Cc2csc(Cc3ccc(F)cc3)n2)C1. The minimum absolute atomic E-state index is 0.125. The summed E-state index contributed by atoms with van der Waals surface area (Å²) < 4.78 is 12.9. The summed E-state index contributed by atoms with van der Waals surface area (Å²) in [5.74, 6) is 0.323. The van der Waals surface area contributed by atoms with Crippen LogP contribution in [0, 0.1) is 11.7 Å². The molecule has 0 bridgehead atoms. The third-order valence-corrected chi connectivity index (χ3v) is 5.07. The highest BCUT2D eigenvalue weighted by Crippen LogP contribution is 2.19. The van der Waals surface area contributed by atoms with Gasteiger partial charge in [0, 0.05) is 24.9 Å². The molecule has 0 radical (unpaired) electrons. The van der Waals surface area contributed by atoms with E-state index in [-0.39, 0.29) is 11.7 Å². The summed E-state index contributed by atoms with van der Waals surface area (Å²) in [4.78, 5) is 18.7. The number of carbonyl (C=O) groups is 1. The Morgan fingerprint density at radius 3 is 2.87 bits per heavy atom. The van der Waals surface area contributed by atoms with Crippen molar-refractivity contribution in [3.8, 4) is 0 Å². The van der Waals surface area contributed by atoms with E-state index in [2.05, 4.69) is 4.98 Å². The Labute approximate surface area is 139 Å². The summed E-state index contributed by atoms with van der Waals surface area (Å²) in [6.07, 6.45) is 2.00. The molecule has 0 aliphatic carbocycles. The molecule has 0 spiro atoms. The van der Waals surface area contributed by atoms with Crippen LogP contribution >= 0.6 is 11.3 Å². The first-order valence-corrected chi connectivity index (χ1v) is 8.67. The quantitative estimate of drug-likeness (QED) is 0.913. The number of benzene rings is 1. The molecule has 1 amide bonds. The lowest BCUT2D eigenvalue weighted by Gasteiger charge is -2.15. The van der Waals surface area contributed by atoms with Crippen LogP contribution in [0.1, 0.15) is 22.7 Å². The number of rotatable bonds is 5. The van der Waals surface area contributed by atoms with Crippen molar-refractivity contribution in [2.24, 2.45) is 11.7 Å². The summed E-state index contributed by atoms with van der Waals surface area (Å²) in [5.41, 5.74) is 7.49. The third kappa shape index (κ3) is 4.14. The van der Waals surface area contributed by atoms with Gasteiger partial charge in [-0.05, 0) is 36.6 Å². The third-order valence-electron chi connectivity index (χ3n) is 4.17. The van der Waals surface area contributed by atoms with Gasteiger partial charge in [0.1, 0.15) is 5.82 Å². The Kier molecular flexibility index (Phi) is 5.03. The van der Waals surface area contributed by atoms with Gasteiger partial charge in [0.05, 0.1) is 17.1 Å². The van der Waals surface area contributed by atoms with Crippen molar-refractivity contribution in [2.75, 3.05) is 19.6 Å². The molecule has 0 saturated carbocycles. The molecule has 2 heterocycles. The number of likely N-dealkylation sites (tertiary alicyclic amines) is 1. The highest BCUT2D eigenvalue weighted by molar-refractivity contribution is 7.09. The van der Waals surface area contributed by atoms with Crippen LogP contribution in [0.4, 0.5) is 4.39 Å². The summed E-state index contributed by atoms with van der Waals surface area (Å²) >= 11 is 1.54. The topological polar surface area (TPSA) is 59.2 Å². The van der Waals surface area contributed by atoms with E-state index >= 15 is 0 Å². The van der Waals surface area contributed by atoms with Crippen LogP contribution in [0.5, 0.6) is 0 Å². The van der Waals surface area contributed by atoms with E-state index < -0.39 is 0 Å². The molecule has 1 aliphatic rings. The fourth-order valence-electron chi connectivity index (χ4n) is 2.81. The molecule has 6 heteroatoms. The van der Waals surface area contributed by atoms with Crippen molar-refractivity contribution in [1.29, 1.82) is 0 Å². The molecule has 1 aromatic carbocycles. The van der Waals surface area contributed by atoms with Crippen molar-refractivity contribution in [3.05, 3.63) is 51.7 Å². The maximum absolute atomic E-state index is 12.9. The molecule has 1 aliphatic heterocycles. The van der Waals surface area contributed by atoms with Gasteiger partial charge in [0.25, 0.3) is 0 Å². The van der Waals surface area contributed by atoms with Crippen LogP contribution in [-0.4, -0.2) is 35.4 Å². The van der Waals surface area contributed by atoms with Crippen molar-refractivity contribution in [3.63, 3.8) is 0 Å². The van der Waals surface area contributed by atoms with Crippen LogP contribution in [0.25, 0.3) is 0 Å². The second kappa shape index (κ2) is 7.19. The first kappa shape index (κ1) is 16.1. The molecular formula is C17H20FN3OS. The molecule has 2 N–H and O–H groups in total. The number of aromatic nitrogens is 1. The molecule has 1 saturated heterocycles. The lowest BCUT2D eigenvalue weighted by molar-refractivity contribution is -0.129. The van der Waals surface area contributed by atoms with Crippen molar-refractivity contribution >= 4 is 17.2 Å². The summed E-state index contributed by atoms with van der Waals surface area (Å²) in [6, 6.07) is 6.43. The van der Waals surface area contributed by atoms with Crippen molar-refractivity contribution in [1.82, 2.24) is 9.88 Å². The zero-order chi connectivity index (χ0) is 16.2. The molecule has 2 aromatic rings. The zero-order valence-electron chi connectivity index (χ0n) is 12.9. The predicted octanol–water partition coefficient (Wildman–Crippen LogP) is 2.22. The Morgan fingerprint density at radius 1 is 1.39 bits per heavy atom. The summed E-state index contributed by atoms with van der Waals surface area (Å²) in [5, 5.41) is 2.88. The van der Waals surface area contributed by atoms with E-state index in [1.807, 2.05) is 10.3 Å². The minimum Gasteiger partial charge on any atom is -0.342 e. The second-order valence-corrected chi connectivity index (χ2v) is 6.89.